The van der Waals surface area contributed by atoms with Gasteiger partial charge in [-0.05, 0) is 30.9 Å². The van der Waals surface area contributed by atoms with Crippen LogP contribution in [0, 0.1) is 0 Å². The summed E-state index contributed by atoms with van der Waals surface area (Å²) in [4.78, 5) is 23.4. The number of hydrogen-bond donors (Lipinski definition) is 1. The summed E-state index contributed by atoms with van der Waals surface area (Å²) in [6.07, 6.45) is 9.61. The fraction of sp³-hybridized carbons (Fsp3) is 0.579. The molecule has 7 nitrogen and oxygen atoms in total. The monoisotopic (exact) mass is 355 g/mol. The highest BCUT2D eigenvalue weighted by atomic mass is 16.5. The fourth-order valence-corrected chi connectivity index (χ4v) is 3.60. The van der Waals surface area contributed by atoms with Crippen molar-refractivity contribution in [2.24, 2.45) is 0 Å². The summed E-state index contributed by atoms with van der Waals surface area (Å²) < 4.78 is 5.93. The van der Waals surface area contributed by atoms with Crippen molar-refractivity contribution in [3.05, 3.63) is 41.7 Å². The maximum atomic E-state index is 12.5. The molecule has 1 saturated heterocycles. The number of aromatic nitrogens is 4. The molecule has 2 fully saturated rings. The van der Waals surface area contributed by atoms with E-state index < -0.39 is 0 Å². The first-order valence-corrected chi connectivity index (χ1v) is 9.51. The van der Waals surface area contributed by atoms with Crippen molar-refractivity contribution in [2.45, 2.75) is 63.6 Å². The minimum absolute atomic E-state index is 0.0382. The minimum atomic E-state index is -0.367. The molecule has 1 saturated carbocycles. The van der Waals surface area contributed by atoms with E-state index in [0.717, 1.165) is 37.1 Å². The van der Waals surface area contributed by atoms with Crippen molar-refractivity contribution in [1.29, 1.82) is 0 Å². The third-order valence-corrected chi connectivity index (χ3v) is 5.05. The van der Waals surface area contributed by atoms with Gasteiger partial charge in [0.2, 0.25) is 5.91 Å². The van der Waals surface area contributed by atoms with Crippen LogP contribution in [0.15, 0.2) is 24.5 Å². The van der Waals surface area contributed by atoms with Crippen LogP contribution in [-0.2, 0) is 16.0 Å². The van der Waals surface area contributed by atoms with Crippen LogP contribution in [0.3, 0.4) is 0 Å². The summed E-state index contributed by atoms with van der Waals surface area (Å²) in [6, 6.07) is 3.96. The molecule has 2 aliphatic rings. The van der Waals surface area contributed by atoms with E-state index >= 15 is 0 Å². The van der Waals surface area contributed by atoms with Gasteiger partial charge in [-0.3, -0.25) is 14.9 Å². The maximum Gasteiger partial charge on any atom is 0.249 e. The lowest BCUT2D eigenvalue weighted by molar-refractivity contribution is -0.160. The molecule has 2 atom stereocenters. The first-order chi connectivity index (χ1) is 12.8. The second-order valence-corrected chi connectivity index (χ2v) is 7.09. The smallest absolute Gasteiger partial charge is 0.249 e. The van der Waals surface area contributed by atoms with Crippen LogP contribution >= 0.6 is 0 Å². The number of H-pyrrole nitrogens is 1. The number of aryl methyl sites for hydroxylation is 1. The molecule has 26 heavy (non-hydrogen) atoms. The molecule has 7 heteroatoms. The number of aromatic amines is 1. The van der Waals surface area contributed by atoms with Gasteiger partial charge in [-0.15, -0.1) is 0 Å². The third kappa shape index (κ3) is 3.49. The number of carbonyl (C=O) groups excluding carboxylic acids is 1. The highest BCUT2D eigenvalue weighted by Gasteiger charge is 2.46. The largest absolute Gasteiger partial charge is 0.358 e. The van der Waals surface area contributed by atoms with Gasteiger partial charge in [0.25, 0.3) is 0 Å². The van der Waals surface area contributed by atoms with Crippen LogP contribution in [0.1, 0.15) is 68.4 Å². The quantitative estimate of drug-likeness (QED) is 0.772. The Morgan fingerprint density at radius 1 is 1.35 bits per heavy atom. The molecule has 1 aliphatic heterocycles. The number of hydrogen-bond acceptors (Lipinski definition) is 5. The van der Waals surface area contributed by atoms with E-state index in [9.17, 15) is 4.79 Å². The standard InChI is InChI=1S/C19H25N5O2/c1-2-3-4-7-15-21-19(23-22-15)18-17(13-6-5-10-20-11-13)24(14-8-9-14)16(25)12-26-18/h5-6,10-11,14,17-18H,2-4,7-9,12H2,1H3,(H,21,22,23)/t17-,18+/m1/s1. The Labute approximate surface area is 153 Å². The molecule has 0 bridgehead atoms. The second kappa shape index (κ2) is 7.53. The Balaban J connectivity index is 1.61. The Bertz CT molecular complexity index is 743. The van der Waals surface area contributed by atoms with Gasteiger partial charge >= 0.3 is 0 Å². The molecule has 138 valence electrons. The van der Waals surface area contributed by atoms with Gasteiger partial charge in [0.05, 0.1) is 6.04 Å². The van der Waals surface area contributed by atoms with Crippen molar-refractivity contribution in [1.82, 2.24) is 25.1 Å². The second-order valence-electron chi connectivity index (χ2n) is 7.09. The SMILES string of the molecule is CCCCCc1nc([C@H]2OCC(=O)N(C3CC3)[C@@H]2c2cccnc2)n[nH]1. The fourth-order valence-electron chi connectivity index (χ4n) is 3.60. The number of rotatable bonds is 7. The molecule has 4 rings (SSSR count). The van der Waals surface area contributed by atoms with Gasteiger partial charge in [-0.25, -0.2) is 4.98 Å². The average molecular weight is 355 g/mol. The Morgan fingerprint density at radius 2 is 2.23 bits per heavy atom. The maximum absolute atomic E-state index is 12.5. The van der Waals surface area contributed by atoms with E-state index in [0.29, 0.717) is 11.9 Å². The molecular weight excluding hydrogens is 330 g/mol. The molecule has 2 aromatic heterocycles. The summed E-state index contributed by atoms with van der Waals surface area (Å²) in [6.45, 7) is 2.27. The number of pyridine rings is 1. The topological polar surface area (TPSA) is 84.0 Å². The predicted molar refractivity (Wildman–Crippen MR) is 95.2 cm³/mol. The number of morpholine rings is 1. The molecule has 1 aliphatic carbocycles. The molecule has 0 unspecified atom stereocenters. The van der Waals surface area contributed by atoms with Crippen molar-refractivity contribution < 1.29 is 9.53 Å². The molecule has 2 aromatic rings. The summed E-state index contributed by atoms with van der Waals surface area (Å²) in [5, 5.41) is 7.46. The molecule has 0 spiro atoms. The average Bonchev–Trinajstić information content (AvgIpc) is 3.40. The Kier molecular flexibility index (Phi) is 4.97. The van der Waals surface area contributed by atoms with Crippen LogP contribution in [0.2, 0.25) is 0 Å². The van der Waals surface area contributed by atoms with Crippen LogP contribution < -0.4 is 0 Å². The van der Waals surface area contributed by atoms with E-state index in [1.54, 1.807) is 6.20 Å². The van der Waals surface area contributed by atoms with E-state index in [2.05, 4.69) is 27.1 Å². The number of nitrogens with one attached hydrogen (secondary N) is 1. The van der Waals surface area contributed by atoms with Gasteiger partial charge in [-0.2, -0.15) is 5.10 Å². The van der Waals surface area contributed by atoms with Crippen molar-refractivity contribution in [3.8, 4) is 0 Å². The van der Waals surface area contributed by atoms with Gasteiger partial charge in [0, 0.05) is 24.9 Å². The number of unbranched alkanes of at least 4 members (excludes halogenated alkanes) is 2. The van der Waals surface area contributed by atoms with Crippen molar-refractivity contribution in [3.63, 3.8) is 0 Å². The zero-order valence-electron chi connectivity index (χ0n) is 15.1. The minimum Gasteiger partial charge on any atom is -0.358 e. The molecule has 3 heterocycles. The van der Waals surface area contributed by atoms with E-state index in [-0.39, 0.29) is 24.7 Å². The molecular formula is C19H25N5O2. The highest BCUT2D eigenvalue weighted by molar-refractivity contribution is 5.79. The first-order valence-electron chi connectivity index (χ1n) is 9.51. The number of nitrogens with zero attached hydrogens (tertiary/aromatic N) is 4. The zero-order chi connectivity index (χ0) is 17.9. The van der Waals surface area contributed by atoms with E-state index in [4.69, 9.17) is 4.74 Å². The van der Waals surface area contributed by atoms with Gasteiger partial charge in [-0.1, -0.05) is 25.8 Å². The predicted octanol–water partition coefficient (Wildman–Crippen LogP) is 2.74. The lowest BCUT2D eigenvalue weighted by Crippen LogP contribution is -2.47. The summed E-state index contributed by atoms with van der Waals surface area (Å²) >= 11 is 0. The van der Waals surface area contributed by atoms with Gasteiger partial charge < -0.3 is 9.64 Å². The van der Waals surface area contributed by atoms with Crippen LogP contribution in [0.5, 0.6) is 0 Å². The molecule has 0 aromatic carbocycles. The lowest BCUT2D eigenvalue weighted by Gasteiger charge is -2.40. The van der Waals surface area contributed by atoms with Crippen molar-refractivity contribution in [2.75, 3.05) is 6.61 Å². The third-order valence-electron chi connectivity index (χ3n) is 5.05. The molecule has 1 amide bonds. The Morgan fingerprint density at radius 3 is 2.96 bits per heavy atom. The van der Waals surface area contributed by atoms with E-state index in [1.807, 2.05) is 23.2 Å². The normalized spacial score (nSPS) is 23.4. The number of ether oxygens (including phenoxy) is 1. The lowest BCUT2D eigenvalue weighted by atomic mass is 9.98. The first kappa shape index (κ1) is 17.1. The van der Waals surface area contributed by atoms with Crippen molar-refractivity contribution >= 4 is 5.91 Å². The molecule has 1 N–H and O–H groups in total. The number of carbonyl (C=O) groups is 1. The van der Waals surface area contributed by atoms with Crippen LogP contribution in [0.25, 0.3) is 0 Å². The highest BCUT2D eigenvalue weighted by Crippen LogP contribution is 2.44. The number of amides is 1. The van der Waals surface area contributed by atoms with Crippen LogP contribution in [0.4, 0.5) is 0 Å². The van der Waals surface area contributed by atoms with Gasteiger partial charge in [0.1, 0.15) is 18.5 Å². The zero-order valence-corrected chi connectivity index (χ0v) is 15.1. The summed E-state index contributed by atoms with van der Waals surface area (Å²) in [5.41, 5.74) is 0.967. The molecule has 0 radical (unpaired) electrons. The van der Waals surface area contributed by atoms with Gasteiger partial charge in [0.15, 0.2) is 5.82 Å². The summed E-state index contributed by atoms with van der Waals surface area (Å²) in [7, 11) is 0. The summed E-state index contributed by atoms with van der Waals surface area (Å²) in [5.74, 6) is 1.55. The van der Waals surface area contributed by atoms with E-state index in [1.165, 1.54) is 12.8 Å². The van der Waals surface area contributed by atoms with Crippen LogP contribution in [-0.4, -0.2) is 43.6 Å². The Hall–Kier alpha value is -2.28.